The fourth-order valence-corrected chi connectivity index (χ4v) is 2.58. The van der Waals surface area contributed by atoms with E-state index in [-0.39, 0.29) is 0 Å². The zero-order valence-electron chi connectivity index (χ0n) is 10.7. The smallest absolute Gasteiger partial charge is 0.348 e. The van der Waals surface area contributed by atoms with Gasteiger partial charge < -0.3 is 4.98 Å². The van der Waals surface area contributed by atoms with Crippen molar-refractivity contribution < 1.29 is 43.2 Å². The predicted molar refractivity (Wildman–Crippen MR) is 61.1 cm³/mol. The Bertz CT molecular complexity index is 645. The number of alkyl halides is 6. The second-order valence-corrected chi connectivity index (χ2v) is 7.20. The summed E-state index contributed by atoms with van der Waals surface area (Å²) in [6.07, 6.45) is 1.70. The summed E-state index contributed by atoms with van der Waals surface area (Å²) in [5, 5.41) is 0. The molecule has 0 saturated carbocycles. The van der Waals surface area contributed by atoms with Crippen LogP contribution in [0, 0.1) is 13.8 Å². The summed E-state index contributed by atoms with van der Waals surface area (Å²) in [5.41, 5.74) is -10.1. The third-order valence-corrected chi connectivity index (χ3v) is 4.88. The molecule has 22 heavy (non-hydrogen) atoms. The minimum atomic E-state index is -6.60. The minimum absolute atomic E-state index is 0.493. The molecule has 0 unspecified atom stereocenters. The molecule has 0 amide bonds. The number of hydrogen-bond acceptors (Lipinski definition) is 5. The molecule has 1 aromatic heterocycles. The summed E-state index contributed by atoms with van der Waals surface area (Å²) in [6.45, 7) is 3.98. The van der Waals surface area contributed by atoms with E-state index in [4.69, 9.17) is 0 Å². The fourth-order valence-electron chi connectivity index (χ4n) is 0.666. The molecule has 1 heterocycles. The highest BCUT2D eigenvalue weighted by Crippen LogP contribution is 2.27. The molecule has 7 nitrogen and oxygen atoms in total. The number of sulfonamides is 2. The summed E-state index contributed by atoms with van der Waals surface area (Å²) in [7, 11) is -13.2. The molecule has 0 aliphatic heterocycles. The number of hydrogen-bond donors (Lipinski definition) is 2. The lowest BCUT2D eigenvalue weighted by atomic mass is 10.4. The van der Waals surface area contributed by atoms with Gasteiger partial charge in [0.25, 0.3) is 0 Å². The zero-order chi connectivity index (χ0) is 18.0. The molecule has 0 bridgehead atoms. The van der Waals surface area contributed by atoms with Crippen molar-refractivity contribution in [2.45, 2.75) is 24.9 Å². The average Bonchev–Trinajstić information content (AvgIpc) is 2.59. The van der Waals surface area contributed by atoms with Crippen molar-refractivity contribution in [3.63, 3.8) is 0 Å². The van der Waals surface area contributed by atoms with Crippen molar-refractivity contribution in [2.75, 3.05) is 0 Å². The summed E-state index contributed by atoms with van der Waals surface area (Å²) in [4.78, 5) is 6.92. The molecule has 0 aromatic carbocycles. The summed E-state index contributed by atoms with van der Waals surface area (Å²) in [5.74, 6) is 0. The molecule has 0 radical (unpaired) electrons. The Hall–Kier alpha value is -1.35. The first-order valence-electron chi connectivity index (χ1n) is 4.89. The van der Waals surface area contributed by atoms with Crippen molar-refractivity contribution in [1.29, 1.82) is 0 Å². The van der Waals surface area contributed by atoms with Gasteiger partial charge in [-0.1, -0.05) is 4.13 Å². The van der Waals surface area contributed by atoms with Crippen LogP contribution in [-0.4, -0.2) is 37.8 Å². The quantitative estimate of drug-likeness (QED) is 0.756. The van der Waals surface area contributed by atoms with Crippen LogP contribution in [0.25, 0.3) is 0 Å². The highest BCUT2D eigenvalue weighted by atomic mass is 32.3. The Balaban J connectivity index is 0.000000518. The Morgan fingerprint density at radius 3 is 1.45 bits per heavy atom. The predicted octanol–water partition coefficient (Wildman–Crippen LogP) is 1.30. The molecule has 1 aromatic rings. The molecule has 0 fully saturated rings. The first-order chi connectivity index (χ1) is 9.51. The molecule has 130 valence electrons. The molecular weight excluding hydrogens is 368 g/mol. The average molecular weight is 377 g/mol. The molecule has 0 spiro atoms. The van der Waals surface area contributed by atoms with Gasteiger partial charge in [-0.3, -0.25) is 0 Å². The molecule has 1 rings (SSSR count). The minimum Gasteiger partial charge on any atom is -0.348 e. The maximum atomic E-state index is 11.5. The van der Waals surface area contributed by atoms with Gasteiger partial charge in [0.05, 0.1) is 12.0 Å². The van der Waals surface area contributed by atoms with Crippen LogP contribution in [-0.2, 0) is 20.0 Å². The van der Waals surface area contributed by atoms with E-state index >= 15 is 0 Å². The highest BCUT2D eigenvalue weighted by Gasteiger charge is 2.55. The molecule has 2 N–H and O–H groups in total. The van der Waals surface area contributed by atoms with Gasteiger partial charge in [-0.05, 0) is 13.8 Å². The van der Waals surface area contributed by atoms with Crippen LogP contribution in [0.2, 0.25) is 0 Å². The number of rotatable bonds is 2. The Morgan fingerprint density at radius 1 is 0.955 bits per heavy atom. The topological polar surface area (TPSA) is 109 Å². The third-order valence-electron chi connectivity index (χ3n) is 1.91. The van der Waals surface area contributed by atoms with Crippen LogP contribution in [0.1, 0.15) is 11.4 Å². The monoisotopic (exact) mass is 377 g/mol. The summed E-state index contributed by atoms with van der Waals surface area (Å²) in [6, 6.07) is 0. The standard InChI is InChI=1S/C5H8N2.C2HF6NO4S2/c1-4-5(2)7-3-6-4;3-1(4,5)14(10,11)9-15(12,13)2(6,7)8/h3H,1-2H3,(H,6,7);9H. The number of aromatic amines is 1. The SMILES string of the molecule is Cc1nc[nH]c1C.O=S(=O)(NS(=O)(=O)C(F)(F)F)C(F)(F)F. The first-order valence-corrected chi connectivity index (χ1v) is 7.85. The highest BCUT2D eigenvalue weighted by molar-refractivity contribution is 8.05. The van der Waals surface area contributed by atoms with Crippen LogP contribution < -0.4 is 4.13 Å². The summed E-state index contributed by atoms with van der Waals surface area (Å²) < 4.78 is 108. The van der Waals surface area contributed by atoms with E-state index in [1.165, 1.54) is 0 Å². The number of nitrogens with one attached hydrogen (secondary N) is 2. The number of nitrogens with zero attached hydrogens (tertiary/aromatic N) is 1. The van der Waals surface area contributed by atoms with Gasteiger partial charge in [0.1, 0.15) is 0 Å². The first kappa shape index (κ1) is 20.6. The van der Waals surface area contributed by atoms with Crippen LogP contribution in [0.5, 0.6) is 0 Å². The molecule has 15 heteroatoms. The Labute approximate surface area is 120 Å². The van der Waals surface area contributed by atoms with E-state index < -0.39 is 35.2 Å². The molecular formula is C7H9F6N3O4S2. The number of aryl methyl sites for hydroxylation is 2. The van der Waals surface area contributed by atoms with Crippen molar-refractivity contribution in [2.24, 2.45) is 0 Å². The zero-order valence-corrected chi connectivity index (χ0v) is 12.4. The van der Waals surface area contributed by atoms with Crippen molar-refractivity contribution in [3.05, 3.63) is 17.7 Å². The van der Waals surface area contributed by atoms with Gasteiger partial charge in [-0.2, -0.15) is 26.3 Å². The second-order valence-electron chi connectivity index (χ2n) is 3.59. The van der Waals surface area contributed by atoms with E-state index in [1.54, 1.807) is 6.33 Å². The third kappa shape index (κ3) is 5.45. The summed E-state index contributed by atoms with van der Waals surface area (Å²) >= 11 is 0. The van der Waals surface area contributed by atoms with E-state index in [1.807, 2.05) is 13.8 Å². The normalized spacial score (nSPS) is 13.5. The Kier molecular flexibility index (Phi) is 6.02. The molecule has 0 aliphatic rings. The number of H-pyrrole nitrogens is 1. The van der Waals surface area contributed by atoms with Crippen LogP contribution in [0.3, 0.4) is 0 Å². The molecule has 0 saturated heterocycles. The maximum Gasteiger partial charge on any atom is 0.512 e. The molecule has 0 atom stereocenters. The largest absolute Gasteiger partial charge is 0.512 e. The van der Waals surface area contributed by atoms with Crippen molar-refractivity contribution in [3.8, 4) is 0 Å². The Morgan fingerprint density at radius 2 is 1.32 bits per heavy atom. The second kappa shape index (κ2) is 6.41. The van der Waals surface area contributed by atoms with E-state index in [2.05, 4.69) is 9.97 Å². The van der Waals surface area contributed by atoms with Crippen LogP contribution in [0.15, 0.2) is 6.33 Å². The molecule has 0 aliphatic carbocycles. The van der Waals surface area contributed by atoms with E-state index in [9.17, 15) is 43.2 Å². The lowest BCUT2D eigenvalue weighted by molar-refractivity contribution is -0.0476. The van der Waals surface area contributed by atoms with E-state index in [0.29, 0.717) is 0 Å². The van der Waals surface area contributed by atoms with Gasteiger partial charge in [0, 0.05) is 5.69 Å². The van der Waals surface area contributed by atoms with Gasteiger partial charge in [-0.25, -0.2) is 21.8 Å². The van der Waals surface area contributed by atoms with Crippen molar-refractivity contribution in [1.82, 2.24) is 14.1 Å². The van der Waals surface area contributed by atoms with Gasteiger partial charge >= 0.3 is 31.1 Å². The van der Waals surface area contributed by atoms with Crippen LogP contribution >= 0.6 is 0 Å². The van der Waals surface area contributed by atoms with Crippen molar-refractivity contribution >= 4 is 20.0 Å². The number of aromatic nitrogens is 2. The van der Waals surface area contributed by atoms with E-state index in [0.717, 1.165) is 11.4 Å². The maximum absolute atomic E-state index is 11.5. The van der Waals surface area contributed by atoms with Gasteiger partial charge in [0.15, 0.2) is 0 Å². The van der Waals surface area contributed by atoms with Crippen LogP contribution in [0.4, 0.5) is 26.3 Å². The number of halogens is 6. The lowest BCUT2D eigenvalue weighted by Crippen LogP contribution is -2.45. The van der Waals surface area contributed by atoms with Gasteiger partial charge in [0.2, 0.25) is 0 Å². The lowest BCUT2D eigenvalue weighted by Gasteiger charge is -2.11. The van der Waals surface area contributed by atoms with Gasteiger partial charge in [-0.15, -0.1) is 0 Å². The fraction of sp³-hybridized carbons (Fsp3) is 0.571. The number of imidazole rings is 1.